The lowest BCUT2D eigenvalue weighted by Crippen LogP contribution is -2.27. The Morgan fingerprint density at radius 1 is 0.724 bits per heavy atom. The Labute approximate surface area is 170 Å². The van der Waals surface area contributed by atoms with Gasteiger partial charge in [-0.15, -0.1) is 0 Å². The van der Waals surface area contributed by atoms with Crippen LogP contribution in [-0.4, -0.2) is 52.4 Å². The number of nitrogens with one attached hydrogen (secondary N) is 2. The number of carbonyl (C=O) groups excluding carboxylic acids is 2. The van der Waals surface area contributed by atoms with Gasteiger partial charge in [-0.2, -0.15) is 10.2 Å². The van der Waals surface area contributed by atoms with E-state index in [1.54, 1.807) is 0 Å². The fourth-order valence-electron chi connectivity index (χ4n) is 2.30. The SMILES string of the molecule is CN(C)c1ccc(/C=N/NC(=O)CC(=O)N/N=C/c2ccc(N(C)C)cc2)cc1. The van der Waals surface area contributed by atoms with Crippen LogP contribution in [0.4, 0.5) is 11.4 Å². The van der Waals surface area contributed by atoms with Crippen molar-refractivity contribution in [2.75, 3.05) is 38.0 Å². The molecular weight excluding hydrogens is 368 g/mol. The first-order valence-corrected chi connectivity index (χ1v) is 9.04. The molecule has 8 nitrogen and oxygen atoms in total. The summed E-state index contributed by atoms with van der Waals surface area (Å²) in [5.74, 6) is -1.04. The Balaban J connectivity index is 1.74. The van der Waals surface area contributed by atoms with Crippen molar-refractivity contribution in [3.05, 3.63) is 59.7 Å². The molecule has 0 bridgehead atoms. The summed E-state index contributed by atoms with van der Waals surface area (Å²) in [4.78, 5) is 27.5. The Morgan fingerprint density at radius 2 is 1.07 bits per heavy atom. The predicted molar refractivity (Wildman–Crippen MR) is 118 cm³/mol. The van der Waals surface area contributed by atoms with E-state index in [0.29, 0.717) is 0 Å². The molecule has 2 rings (SSSR count). The van der Waals surface area contributed by atoms with Gasteiger partial charge in [0.2, 0.25) is 11.8 Å². The van der Waals surface area contributed by atoms with E-state index in [1.165, 1.54) is 12.4 Å². The van der Waals surface area contributed by atoms with E-state index >= 15 is 0 Å². The maximum absolute atomic E-state index is 11.8. The van der Waals surface area contributed by atoms with Gasteiger partial charge in [-0.1, -0.05) is 24.3 Å². The molecule has 0 atom stereocenters. The molecule has 0 heterocycles. The van der Waals surface area contributed by atoms with Crippen LogP contribution in [0.5, 0.6) is 0 Å². The van der Waals surface area contributed by atoms with Gasteiger partial charge in [0.05, 0.1) is 12.4 Å². The minimum absolute atomic E-state index is 0.367. The smallest absolute Gasteiger partial charge is 0.249 e. The fourth-order valence-corrected chi connectivity index (χ4v) is 2.30. The van der Waals surface area contributed by atoms with Crippen molar-refractivity contribution >= 4 is 35.6 Å². The number of hydrogen-bond donors (Lipinski definition) is 2. The monoisotopic (exact) mass is 394 g/mol. The second-order valence-electron chi connectivity index (χ2n) is 6.74. The molecule has 8 heteroatoms. The maximum Gasteiger partial charge on any atom is 0.249 e. The average molecular weight is 394 g/mol. The van der Waals surface area contributed by atoms with Gasteiger partial charge in [0.25, 0.3) is 0 Å². The molecule has 0 aliphatic rings. The number of benzene rings is 2. The van der Waals surface area contributed by atoms with Crippen molar-refractivity contribution in [3.8, 4) is 0 Å². The van der Waals surface area contributed by atoms with Gasteiger partial charge in [-0.05, 0) is 35.4 Å². The Kier molecular flexibility index (Phi) is 7.90. The summed E-state index contributed by atoms with van der Waals surface area (Å²) in [6.07, 6.45) is 2.67. The standard InChI is InChI=1S/C21H26N6O2/c1-26(2)18-9-5-16(6-10-18)14-22-24-20(28)13-21(29)25-23-15-17-7-11-19(12-8-17)27(3)4/h5-12,14-15H,13H2,1-4H3,(H,24,28)(H,25,29)/b22-14+,23-15+. The highest BCUT2D eigenvalue weighted by Crippen LogP contribution is 2.11. The van der Waals surface area contributed by atoms with Gasteiger partial charge >= 0.3 is 0 Å². The quantitative estimate of drug-likeness (QED) is 0.406. The number of amides is 2. The molecule has 0 fully saturated rings. The average Bonchev–Trinajstić information content (AvgIpc) is 2.68. The van der Waals surface area contributed by atoms with Crippen molar-refractivity contribution in [1.82, 2.24) is 10.9 Å². The minimum Gasteiger partial charge on any atom is -0.378 e. The van der Waals surface area contributed by atoms with Gasteiger partial charge in [0, 0.05) is 39.6 Å². The van der Waals surface area contributed by atoms with Crippen LogP contribution >= 0.6 is 0 Å². The van der Waals surface area contributed by atoms with Crippen molar-refractivity contribution in [1.29, 1.82) is 0 Å². The first-order valence-electron chi connectivity index (χ1n) is 9.04. The van der Waals surface area contributed by atoms with E-state index in [4.69, 9.17) is 0 Å². The highest BCUT2D eigenvalue weighted by molar-refractivity contribution is 5.97. The van der Waals surface area contributed by atoms with Gasteiger partial charge < -0.3 is 9.80 Å². The zero-order valence-corrected chi connectivity index (χ0v) is 17.1. The zero-order valence-electron chi connectivity index (χ0n) is 17.1. The molecule has 0 unspecified atom stereocenters. The predicted octanol–water partition coefficient (Wildman–Crippen LogP) is 1.81. The molecule has 0 spiro atoms. The van der Waals surface area contributed by atoms with Gasteiger partial charge in [-0.3, -0.25) is 9.59 Å². The molecule has 0 saturated heterocycles. The molecule has 2 aromatic rings. The summed E-state index contributed by atoms with van der Waals surface area (Å²) in [5, 5.41) is 7.72. The molecule has 2 N–H and O–H groups in total. The van der Waals surface area contributed by atoms with Crippen LogP contribution in [0, 0.1) is 0 Å². The van der Waals surface area contributed by atoms with Crippen LogP contribution in [-0.2, 0) is 9.59 Å². The van der Waals surface area contributed by atoms with Crippen LogP contribution in [0.25, 0.3) is 0 Å². The largest absolute Gasteiger partial charge is 0.378 e. The summed E-state index contributed by atoms with van der Waals surface area (Å²) in [6, 6.07) is 15.3. The molecule has 0 saturated carbocycles. The number of carbonyl (C=O) groups is 2. The number of anilines is 2. The molecular formula is C21H26N6O2. The normalized spacial score (nSPS) is 10.9. The van der Waals surface area contributed by atoms with Gasteiger partial charge in [0.1, 0.15) is 6.42 Å². The number of hydrogen-bond acceptors (Lipinski definition) is 6. The summed E-state index contributed by atoms with van der Waals surface area (Å²) in [5.41, 5.74) is 8.46. The first kappa shape index (κ1) is 21.6. The van der Waals surface area contributed by atoms with Crippen molar-refractivity contribution in [2.45, 2.75) is 6.42 Å². The molecule has 152 valence electrons. The van der Waals surface area contributed by atoms with Gasteiger partial charge in [-0.25, -0.2) is 10.9 Å². The van der Waals surface area contributed by atoms with E-state index in [-0.39, 0.29) is 6.42 Å². The number of nitrogens with zero attached hydrogens (tertiary/aromatic N) is 4. The van der Waals surface area contributed by atoms with Crippen molar-refractivity contribution < 1.29 is 9.59 Å². The lowest BCUT2D eigenvalue weighted by molar-refractivity contribution is -0.129. The van der Waals surface area contributed by atoms with E-state index in [0.717, 1.165) is 22.5 Å². The van der Waals surface area contributed by atoms with Gasteiger partial charge in [0.15, 0.2) is 0 Å². The van der Waals surface area contributed by atoms with Crippen molar-refractivity contribution in [3.63, 3.8) is 0 Å². The van der Waals surface area contributed by atoms with E-state index in [9.17, 15) is 9.59 Å². The molecule has 2 aromatic carbocycles. The lowest BCUT2D eigenvalue weighted by Gasteiger charge is -2.11. The molecule has 0 aliphatic heterocycles. The number of hydrazone groups is 2. The molecule has 2 amide bonds. The Bertz CT molecular complexity index is 798. The summed E-state index contributed by atoms with van der Waals surface area (Å²) < 4.78 is 0. The third-order valence-electron chi connectivity index (χ3n) is 3.95. The van der Waals surface area contributed by atoms with E-state index in [2.05, 4.69) is 21.1 Å². The minimum atomic E-state index is -0.519. The molecule has 0 radical (unpaired) electrons. The topological polar surface area (TPSA) is 89.4 Å². The second-order valence-corrected chi connectivity index (χ2v) is 6.74. The third-order valence-corrected chi connectivity index (χ3v) is 3.95. The Morgan fingerprint density at radius 3 is 1.38 bits per heavy atom. The first-order chi connectivity index (χ1) is 13.8. The van der Waals surface area contributed by atoms with Crippen LogP contribution < -0.4 is 20.7 Å². The van der Waals surface area contributed by atoms with E-state index in [1.807, 2.05) is 86.5 Å². The maximum atomic E-state index is 11.8. The zero-order chi connectivity index (χ0) is 21.2. The molecule has 29 heavy (non-hydrogen) atoms. The molecule has 0 aromatic heterocycles. The van der Waals surface area contributed by atoms with Crippen LogP contribution in [0.3, 0.4) is 0 Å². The second kappa shape index (κ2) is 10.6. The summed E-state index contributed by atoms with van der Waals surface area (Å²) >= 11 is 0. The summed E-state index contributed by atoms with van der Waals surface area (Å²) in [7, 11) is 7.83. The highest BCUT2D eigenvalue weighted by Gasteiger charge is 2.07. The van der Waals surface area contributed by atoms with E-state index < -0.39 is 11.8 Å². The third kappa shape index (κ3) is 7.45. The Hall–Kier alpha value is -3.68. The van der Waals surface area contributed by atoms with Crippen LogP contribution in [0.15, 0.2) is 58.7 Å². The summed E-state index contributed by atoms with van der Waals surface area (Å²) in [6.45, 7) is 0. The van der Waals surface area contributed by atoms with Crippen LogP contribution in [0.1, 0.15) is 17.5 Å². The van der Waals surface area contributed by atoms with Crippen LogP contribution in [0.2, 0.25) is 0 Å². The lowest BCUT2D eigenvalue weighted by atomic mass is 10.2. The molecule has 0 aliphatic carbocycles. The highest BCUT2D eigenvalue weighted by atomic mass is 16.2. The number of rotatable bonds is 8. The van der Waals surface area contributed by atoms with Crippen molar-refractivity contribution in [2.24, 2.45) is 10.2 Å². The fraction of sp³-hybridized carbons (Fsp3) is 0.238.